The van der Waals surface area contributed by atoms with Crippen LogP contribution in [0.5, 0.6) is 0 Å². The van der Waals surface area contributed by atoms with Crippen molar-refractivity contribution in [3.63, 3.8) is 0 Å². The second-order valence-electron chi connectivity index (χ2n) is 8.26. The Hall–Kier alpha value is -2.52. The molecular formula is C20H26F4N2O4. The maximum atomic E-state index is 15.4. The van der Waals surface area contributed by atoms with Crippen LogP contribution in [0.25, 0.3) is 0 Å². The summed E-state index contributed by atoms with van der Waals surface area (Å²) in [6, 6.07) is 2.72. The average molecular weight is 434 g/mol. The second kappa shape index (κ2) is 8.69. The van der Waals surface area contributed by atoms with Crippen molar-refractivity contribution in [2.75, 3.05) is 32.1 Å². The summed E-state index contributed by atoms with van der Waals surface area (Å²) in [5.41, 5.74) is -4.27. The van der Waals surface area contributed by atoms with Gasteiger partial charge in [0.1, 0.15) is 11.3 Å². The number of methoxy groups -OCH3 is 1. The summed E-state index contributed by atoms with van der Waals surface area (Å²) < 4.78 is 65.1. The van der Waals surface area contributed by atoms with E-state index in [0.29, 0.717) is 13.0 Å². The number of carbonyl (C=O) groups is 2. The van der Waals surface area contributed by atoms with E-state index in [2.05, 4.69) is 10.1 Å². The summed E-state index contributed by atoms with van der Waals surface area (Å²) in [6.07, 6.45) is -4.97. The molecule has 1 aliphatic heterocycles. The molecule has 1 atom stereocenters. The Morgan fingerprint density at radius 2 is 1.90 bits per heavy atom. The number of likely N-dealkylation sites (tertiary alicyclic amines) is 1. The van der Waals surface area contributed by atoms with Gasteiger partial charge in [0.2, 0.25) is 0 Å². The number of nitrogens with zero attached hydrogens (tertiary/aromatic N) is 1. The molecule has 168 valence electrons. The number of benzene rings is 1. The summed E-state index contributed by atoms with van der Waals surface area (Å²) in [7, 11) is 1.11. The van der Waals surface area contributed by atoms with E-state index in [1.165, 1.54) is 4.90 Å². The number of nitrogens with one attached hydrogen (secondary N) is 1. The minimum atomic E-state index is -4.70. The molecule has 2 rings (SSSR count). The minimum absolute atomic E-state index is 0.0668. The van der Waals surface area contributed by atoms with Crippen LogP contribution in [-0.4, -0.2) is 55.0 Å². The number of anilines is 1. The van der Waals surface area contributed by atoms with Gasteiger partial charge in [0.05, 0.1) is 31.3 Å². The van der Waals surface area contributed by atoms with Gasteiger partial charge in [0.15, 0.2) is 0 Å². The number of rotatable bonds is 4. The predicted molar refractivity (Wildman–Crippen MR) is 102 cm³/mol. The van der Waals surface area contributed by atoms with E-state index < -0.39 is 47.3 Å². The van der Waals surface area contributed by atoms with Crippen LogP contribution in [0.4, 0.5) is 28.0 Å². The largest absolute Gasteiger partial charge is 0.465 e. The van der Waals surface area contributed by atoms with Crippen LogP contribution in [0.1, 0.15) is 49.5 Å². The lowest BCUT2D eigenvalue weighted by atomic mass is 9.94. The van der Waals surface area contributed by atoms with Gasteiger partial charge in [0, 0.05) is 12.2 Å². The van der Waals surface area contributed by atoms with Gasteiger partial charge in [-0.25, -0.2) is 14.0 Å². The van der Waals surface area contributed by atoms with Crippen LogP contribution in [-0.2, 0) is 15.7 Å². The third-order valence-electron chi connectivity index (χ3n) is 4.52. The topological polar surface area (TPSA) is 67.9 Å². The van der Waals surface area contributed by atoms with Crippen LogP contribution in [0.3, 0.4) is 0 Å². The number of esters is 1. The van der Waals surface area contributed by atoms with Gasteiger partial charge < -0.3 is 19.7 Å². The first kappa shape index (κ1) is 23.8. The Labute approximate surface area is 172 Å². The number of amides is 1. The molecule has 6 nitrogen and oxygen atoms in total. The minimum Gasteiger partial charge on any atom is -0.465 e. The summed E-state index contributed by atoms with van der Waals surface area (Å²) in [6.45, 7) is 4.57. The standard InChI is InChI=1S/C20H26F4N2O4/c1-18(2,3)30-17(28)26-9-5-8-19(21,12-26)11-25-15-10-13(16(27)29-4)6-7-14(15)20(22,23)24/h6-7,10,25H,5,8-9,11-12H2,1-4H3. The summed E-state index contributed by atoms with van der Waals surface area (Å²) in [5.74, 6) is -0.810. The molecule has 0 aromatic heterocycles. The lowest BCUT2D eigenvalue weighted by molar-refractivity contribution is -0.137. The first-order chi connectivity index (χ1) is 13.7. The highest BCUT2D eigenvalue weighted by Crippen LogP contribution is 2.36. The highest BCUT2D eigenvalue weighted by atomic mass is 19.4. The Morgan fingerprint density at radius 3 is 2.47 bits per heavy atom. The van der Waals surface area contributed by atoms with E-state index in [9.17, 15) is 22.8 Å². The lowest BCUT2D eigenvalue weighted by Gasteiger charge is -2.38. The van der Waals surface area contributed by atoms with Gasteiger partial charge in [-0.05, 0) is 51.8 Å². The first-order valence-corrected chi connectivity index (χ1v) is 9.44. The van der Waals surface area contributed by atoms with E-state index in [1.54, 1.807) is 20.8 Å². The van der Waals surface area contributed by atoms with Crippen molar-refractivity contribution in [1.82, 2.24) is 4.90 Å². The summed E-state index contributed by atoms with van der Waals surface area (Å²) in [4.78, 5) is 25.1. The molecule has 1 aromatic carbocycles. The Morgan fingerprint density at radius 1 is 1.23 bits per heavy atom. The van der Waals surface area contributed by atoms with Crippen molar-refractivity contribution in [1.29, 1.82) is 0 Å². The zero-order valence-electron chi connectivity index (χ0n) is 17.4. The van der Waals surface area contributed by atoms with E-state index in [0.717, 1.165) is 25.3 Å². The quantitative estimate of drug-likeness (QED) is 0.552. The zero-order valence-corrected chi connectivity index (χ0v) is 17.4. The molecule has 0 radical (unpaired) electrons. The SMILES string of the molecule is COC(=O)c1ccc(C(F)(F)F)c(NCC2(F)CCCN(C(=O)OC(C)(C)C)C2)c1. The van der Waals surface area contributed by atoms with Crippen LogP contribution in [0.2, 0.25) is 0 Å². The van der Waals surface area contributed by atoms with Crippen molar-refractivity contribution in [2.45, 2.75) is 51.1 Å². The Balaban J connectivity index is 2.18. The second-order valence-corrected chi connectivity index (χ2v) is 8.26. The molecule has 0 spiro atoms. The fourth-order valence-corrected chi connectivity index (χ4v) is 3.15. The van der Waals surface area contributed by atoms with Crippen molar-refractivity contribution in [2.24, 2.45) is 0 Å². The normalized spacial score (nSPS) is 19.9. The smallest absolute Gasteiger partial charge is 0.418 e. The van der Waals surface area contributed by atoms with E-state index in [4.69, 9.17) is 4.74 Å². The average Bonchev–Trinajstić information content (AvgIpc) is 2.63. The number of hydrogen-bond donors (Lipinski definition) is 1. The molecular weight excluding hydrogens is 408 g/mol. The predicted octanol–water partition coefficient (Wildman–Crippen LogP) is 4.64. The Bertz CT molecular complexity index is 792. The van der Waals surface area contributed by atoms with Crippen molar-refractivity contribution < 1.29 is 36.6 Å². The maximum absolute atomic E-state index is 15.4. The molecule has 1 saturated heterocycles. The maximum Gasteiger partial charge on any atom is 0.418 e. The van der Waals surface area contributed by atoms with Crippen LogP contribution >= 0.6 is 0 Å². The lowest BCUT2D eigenvalue weighted by Crippen LogP contribution is -2.52. The van der Waals surface area contributed by atoms with E-state index in [-0.39, 0.29) is 18.5 Å². The van der Waals surface area contributed by atoms with Gasteiger partial charge in [-0.3, -0.25) is 0 Å². The van der Waals surface area contributed by atoms with Gasteiger partial charge in [-0.1, -0.05) is 0 Å². The zero-order chi connectivity index (χ0) is 22.7. The number of alkyl halides is 4. The van der Waals surface area contributed by atoms with Crippen molar-refractivity contribution in [3.05, 3.63) is 29.3 Å². The third-order valence-corrected chi connectivity index (χ3v) is 4.52. The molecule has 0 saturated carbocycles. The molecule has 1 fully saturated rings. The first-order valence-electron chi connectivity index (χ1n) is 9.44. The number of ether oxygens (including phenoxy) is 2. The van der Waals surface area contributed by atoms with Crippen LogP contribution in [0.15, 0.2) is 18.2 Å². The van der Waals surface area contributed by atoms with Gasteiger partial charge in [-0.2, -0.15) is 13.2 Å². The van der Waals surface area contributed by atoms with Gasteiger partial charge in [-0.15, -0.1) is 0 Å². The molecule has 1 aromatic rings. The molecule has 1 N–H and O–H groups in total. The highest BCUT2D eigenvalue weighted by Gasteiger charge is 2.40. The van der Waals surface area contributed by atoms with Crippen molar-refractivity contribution >= 4 is 17.7 Å². The van der Waals surface area contributed by atoms with Crippen LogP contribution in [0, 0.1) is 0 Å². The summed E-state index contributed by atoms with van der Waals surface area (Å²) >= 11 is 0. The molecule has 0 aliphatic carbocycles. The summed E-state index contributed by atoms with van der Waals surface area (Å²) in [5, 5.41) is 2.48. The van der Waals surface area contributed by atoms with E-state index >= 15 is 4.39 Å². The van der Waals surface area contributed by atoms with Crippen molar-refractivity contribution in [3.8, 4) is 0 Å². The molecule has 1 unspecified atom stereocenters. The number of hydrogen-bond acceptors (Lipinski definition) is 5. The number of carbonyl (C=O) groups excluding carboxylic acids is 2. The molecule has 30 heavy (non-hydrogen) atoms. The van der Waals surface area contributed by atoms with Gasteiger partial charge >= 0.3 is 18.2 Å². The van der Waals surface area contributed by atoms with Gasteiger partial charge in [0.25, 0.3) is 0 Å². The number of halogens is 4. The fourth-order valence-electron chi connectivity index (χ4n) is 3.15. The fraction of sp³-hybridized carbons (Fsp3) is 0.600. The highest BCUT2D eigenvalue weighted by molar-refractivity contribution is 5.90. The molecule has 1 heterocycles. The van der Waals surface area contributed by atoms with E-state index in [1.807, 2.05) is 0 Å². The number of piperidine rings is 1. The molecule has 1 amide bonds. The molecule has 0 bridgehead atoms. The molecule has 10 heteroatoms. The Kier molecular flexibility index (Phi) is 6.88. The molecule has 1 aliphatic rings. The van der Waals surface area contributed by atoms with Crippen LogP contribution < -0.4 is 5.32 Å². The monoisotopic (exact) mass is 434 g/mol. The third kappa shape index (κ3) is 6.24.